The van der Waals surface area contributed by atoms with Gasteiger partial charge in [-0.05, 0) is 24.3 Å². The highest BCUT2D eigenvalue weighted by molar-refractivity contribution is 5.48. The summed E-state index contributed by atoms with van der Waals surface area (Å²) in [4.78, 5) is 0. The Hall–Kier alpha value is -2.54. The van der Waals surface area contributed by atoms with Crippen molar-refractivity contribution < 1.29 is 18.9 Å². The zero-order valence-corrected chi connectivity index (χ0v) is 12.2. The lowest BCUT2D eigenvalue weighted by Gasteiger charge is -2.06. The molecule has 4 rings (SSSR count). The Morgan fingerprint density at radius 1 is 1.18 bits per heavy atom. The van der Waals surface area contributed by atoms with Gasteiger partial charge in [-0.25, -0.2) is 0 Å². The second kappa shape index (κ2) is 6.48. The predicted molar refractivity (Wildman–Crippen MR) is 80.3 cm³/mol. The second-order valence-corrected chi connectivity index (χ2v) is 4.65. The van der Waals surface area contributed by atoms with Crippen LogP contribution in [0.25, 0.3) is 0 Å². The largest absolute Gasteiger partial charge is 0.454 e. The zero-order chi connectivity index (χ0) is 15.4. The van der Waals surface area contributed by atoms with E-state index in [2.05, 4.69) is 12.3 Å². The van der Waals surface area contributed by atoms with E-state index < -0.39 is 0 Å². The van der Waals surface area contributed by atoms with Crippen molar-refractivity contribution in [1.82, 2.24) is 0 Å². The average Bonchev–Trinajstić information content (AvgIpc) is 3.20. The molecule has 0 saturated carbocycles. The van der Waals surface area contributed by atoms with Gasteiger partial charge in [0.05, 0.1) is 5.92 Å². The standard InChI is InChI=1S/C9H5O2.C9H10O2/c1-2-7-3-4-8-9(5-7)11-6-10-8;1-2-9-10-7-5-3-4-6-8(7)11-9/h1,4-5H,6H2;3-6,9H,2H2,1H3. The van der Waals surface area contributed by atoms with Crippen LogP contribution in [0.4, 0.5) is 0 Å². The van der Waals surface area contributed by atoms with E-state index in [4.69, 9.17) is 25.4 Å². The Morgan fingerprint density at radius 2 is 1.86 bits per heavy atom. The van der Waals surface area contributed by atoms with Crippen LogP contribution in [0.15, 0.2) is 47.9 Å². The SMILES string of the molecule is C#C[C]1[C]C=C2OCOC2=C1.CCC1Oc2ccccc2O1. The zero-order valence-electron chi connectivity index (χ0n) is 12.2. The van der Waals surface area contributed by atoms with Crippen molar-refractivity contribution in [3.05, 3.63) is 60.3 Å². The molecule has 111 valence electrons. The number of ether oxygens (including phenoxy) is 4. The van der Waals surface area contributed by atoms with Gasteiger partial charge in [-0.2, -0.15) is 0 Å². The maximum absolute atomic E-state index is 5.43. The van der Waals surface area contributed by atoms with Crippen molar-refractivity contribution in [3.63, 3.8) is 0 Å². The number of hydrogen-bond donors (Lipinski definition) is 0. The molecule has 0 unspecified atom stereocenters. The van der Waals surface area contributed by atoms with Crippen LogP contribution in [-0.2, 0) is 9.47 Å². The topological polar surface area (TPSA) is 36.9 Å². The van der Waals surface area contributed by atoms with Gasteiger partial charge < -0.3 is 18.9 Å². The molecule has 0 N–H and O–H groups in total. The van der Waals surface area contributed by atoms with Gasteiger partial charge in [0, 0.05) is 12.8 Å². The molecule has 0 aromatic heterocycles. The minimum absolute atomic E-state index is 0.0765. The van der Waals surface area contributed by atoms with Crippen molar-refractivity contribution in [2.45, 2.75) is 19.6 Å². The molecule has 2 heterocycles. The smallest absolute Gasteiger partial charge is 0.241 e. The maximum atomic E-state index is 5.43. The van der Waals surface area contributed by atoms with E-state index in [9.17, 15) is 0 Å². The summed E-state index contributed by atoms with van der Waals surface area (Å²) in [5.74, 6) is 6.29. The molecule has 3 radical (unpaired) electrons. The summed E-state index contributed by atoms with van der Waals surface area (Å²) in [7, 11) is 0. The Labute approximate surface area is 130 Å². The average molecular weight is 295 g/mol. The third-order valence-corrected chi connectivity index (χ3v) is 3.16. The summed E-state index contributed by atoms with van der Waals surface area (Å²) in [6.45, 7) is 2.31. The molecular weight excluding hydrogens is 280 g/mol. The number of para-hydroxylation sites is 2. The van der Waals surface area contributed by atoms with E-state index in [1.165, 1.54) is 0 Å². The molecule has 1 aromatic rings. The fraction of sp³-hybridized carbons (Fsp3) is 0.222. The van der Waals surface area contributed by atoms with Gasteiger partial charge in [-0.3, -0.25) is 0 Å². The maximum Gasteiger partial charge on any atom is 0.241 e. The van der Waals surface area contributed by atoms with Gasteiger partial charge in [0.1, 0.15) is 0 Å². The molecule has 22 heavy (non-hydrogen) atoms. The molecule has 0 atom stereocenters. The van der Waals surface area contributed by atoms with Crippen LogP contribution in [0.5, 0.6) is 11.5 Å². The number of fused-ring (bicyclic) bond motifs is 2. The predicted octanol–water partition coefficient (Wildman–Crippen LogP) is 3.25. The van der Waals surface area contributed by atoms with Gasteiger partial charge in [-0.1, -0.05) is 25.0 Å². The van der Waals surface area contributed by atoms with Crippen LogP contribution in [0.1, 0.15) is 13.3 Å². The highest BCUT2D eigenvalue weighted by atomic mass is 16.7. The van der Waals surface area contributed by atoms with E-state index in [1.807, 2.05) is 31.2 Å². The van der Waals surface area contributed by atoms with Crippen molar-refractivity contribution in [2.24, 2.45) is 0 Å². The molecule has 4 heteroatoms. The number of rotatable bonds is 1. The number of benzene rings is 1. The lowest BCUT2D eigenvalue weighted by molar-refractivity contribution is 0.0464. The first-order valence-corrected chi connectivity index (χ1v) is 7.00. The van der Waals surface area contributed by atoms with Crippen LogP contribution >= 0.6 is 0 Å². The van der Waals surface area contributed by atoms with Crippen LogP contribution in [0, 0.1) is 24.7 Å². The fourth-order valence-electron chi connectivity index (χ4n) is 2.04. The van der Waals surface area contributed by atoms with Gasteiger partial charge in [0.2, 0.25) is 13.1 Å². The summed E-state index contributed by atoms with van der Waals surface area (Å²) >= 11 is 0. The third kappa shape index (κ3) is 3.04. The number of hydrogen-bond acceptors (Lipinski definition) is 4. The van der Waals surface area contributed by atoms with Gasteiger partial charge in [-0.15, -0.1) is 6.42 Å². The molecular formula is C18H15O4. The molecule has 1 saturated heterocycles. The highest BCUT2D eigenvalue weighted by Crippen LogP contribution is 2.34. The highest BCUT2D eigenvalue weighted by Gasteiger charge is 2.22. The summed E-state index contributed by atoms with van der Waals surface area (Å²) in [5.41, 5.74) is 0. The summed E-state index contributed by atoms with van der Waals surface area (Å²) in [5, 5.41) is 0. The molecule has 1 aliphatic carbocycles. The first-order valence-electron chi connectivity index (χ1n) is 7.00. The van der Waals surface area contributed by atoms with Crippen molar-refractivity contribution >= 4 is 0 Å². The molecule has 1 fully saturated rings. The lowest BCUT2D eigenvalue weighted by Crippen LogP contribution is -2.15. The molecule has 0 spiro atoms. The molecule has 0 amide bonds. The minimum atomic E-state index is -0.0765. The van der Waals surface area contributed by atoms with Gasteiger partial charge in [0.15, 0.2) is 23.0 Å². The van der Waals surface area contributed by atoms with E-state index in [0.717, 1.165) is 17.9 Å². The summed E-state index contributed by atoms with van der Waals surface area (Å²) < 4.78 is 21.0. The summed E-state index contributed by atoms with van der Waals surface area (Å²) in [6.07, 6.45) is 12.3. The third-order valence-electron chi connectivity index (χ3n) is 3.16. The van der Waals surface area contributed by atoms with E-state index >= 15 is 0 Å². The Bertz CT molecular complexity index is 614. The first kappa shape index (κ1) is 14.4. The van der Waals surface area contributed by atoms with Crippen molar-refractivity contribution in [3.8, 4) is 23.8 Å². The van der Waals surface area contributed by atoms with E-state index in [1.54, 1.807) is 12.2 Å². The van der Waals surface area contributed by atoms with E-state index in [0.29, 0.717) is 17.4 Å². The van der Waals surface area contributed by atoms with Crippen molar-refractivity contribution in [1.29, 1.82) is 0 Å². The monoisotopic (exact) mass is 295 g/mol. The van der Waals surface area contributed by atoms with Gasteiger partial charge >= 0.3 is 0 Å². The van der Waals surface area contributed by atoms with Crippen LogP contribution in [0.3, 0.4) is 0 Å². The van der Waals surface area contributed by atoms with Crippen LogP contribution in [-0.4, -0.2) is 13.1 Å². The Morgan fingerprint density at radius 3 is 2.50 bits per heavy atom. The van der Waals surface area contributed by atoms with Crippen LogP contribution in [0.2, 0.25) is 0 Å². The normalized spacial score (nSPS) is 18.7. The molecule has 1 aromatic carbocycles. The molecule has 0 bridgehead atoms. The minimum Gasteiger partial charge on any atom is -0.454 e. The lowest BCUT2D eigenvalue weighted by atomic mass is 10.0. The Kier molecular flexibility index (Phi) is 4.24. The number of allylic oxidation sites excluding steroid dienone is 2. The van der Waals surface area contributed by atoms with Crippen molar-refractivity contribution in [2.75, 3.05) is 6.79 Å². The molecule has 4 nitrogen and oxygen atoms in total. The summed E-state index contributed by atoms with van der Waals surface area (Å²) in [6, 6.07) is 7.73. The van der Waals surface area contributed by atoms with E-state index in [-0.39, 0.29) is 13.1 Å². The molecule has 3 aliphatic rings. The van der Waals surface area contributed by atoms with Crippen LogP contribution < -0.4 is 9.47 Å². The second-order valence-electron chi connectivity index (χ2n) is 4.65. The first-order chi connectivity index (χ1) is 10.8. The number of terminal acetylenes is 1. The molecule has 2 aliphatic heterocycles. The Balaban J connectivity index is 0.000000131. The van der Waals surface area contributed by atoms with Gasteiger partial charge in [0.25, 0.3) is 0 Å². The fourth-order valence-corrected chi connectivity index (χ4v) is 2.04. The quantitative estimate of drug-likeness (QED) is 0.745.